The number of halogens is 1. The van der Waals surface area contributed by atoms with Crippen molar-refractivity contribution in [1.29, 1.82) is 0 Å². The van der Waals surface area contributed by atoms with Crippen molar-refractivity contribution in [3.63, 3.8) is 0 Å². The molecule has 1 atom stereocenters. The van der Waals surface area contributed by atoms with E-state index in [2.05, 4.69) is 20.6 Å². The quantitative estimate of drug-likeness (QED) is 0.882. The predicted octanol–water partition coefficient (Wildman–Crippen LogP) is 3.54. The van der Waals surface area contributed by atoms with Crippen molar-refractivity contribution in [2.24, 2.45) is 5.92 Å². The molecule has 0 aliphatic heterocycles. The Balaban J connectivity index is 1.72. The van der Waals surface area contributed by atoms with Crippen LogP contribution in [0, 0.1) is 5.92 Å². The summed E-state index contributed by atoms with van der Waals surface area (Å²) in [5.41, 5.74) is 1.79. The fourth-order valence-corrected chi connectivity index (χ4v) is 2.71. The molecule has 0 radical (unpaired) electrons. The highest BCUT2D eigenvalue weighted by atomic mass is 35.5. The van der Waals surface area contributed by atoms with E-state index in [1.165, 1.54) is 6.20 Å². The highest BCUT2D eigenvalue weighted by molar-refractivity contribution is 6.30. The van der Waals surface area contributed by atoms with Gasteiger partial charge in [0.1, 0.15) is 0 Å². The molecule has 1 aliphatic rings. The highest BCUT2D eigenvalue weighted by Gasteiger charge is 2.24. The lowest BCUT2D eigenvalue weighted by Crippen LogP contribution is -2.24. The molecule has 2 N–H and O–H groups in total. The molecule has 3 rings (SSSR count). The Morgan fingerprint density at radius 1 is 1.30 bits per heavy atom. The lowest BCUT2D eigenvalue weighted by molar-refractivity contribution is 0.0951. The van der Waals surface area contributed by atoms with Crippen LogP contribution in [0.1, 0.15) is 29.4 Å². The first-order valence-corrected chi connectivity index (χ1v) is 7.62. The number of rotatable bonds is 2. The maximum atomic E-state index is 12.0. The number of urea groups is 1. The zero-order valence-electron chi connectivity index (χ0n) is 12.5. The summed E-state index contributed by atoms with van der Waals surface area (Å²) in [4.78, 5) is 32.2. The molecule has 0 saturated heterocycles. The van der Waals surface area contributed by atoms with Crippen LogP contribution in [-0.2, 0) is 6.42 Å². The first-order chi connectivity index (χ1) is 11.0. The Morgan fingerprint density at radius 2 is 2.13 bits per heavy atom. The zero-order valence-corrected chi connectivity index (χ0v) is 13.2. The number of hydrogen-bond donors (Lipinski definition) is 2. The van der Waals surface area contributed by atoms with Gasteiger partial charge < -0.3 is 5.32 Å². The summed E-state index contributed by atoms with van der Waals surface area (Å²) < 4.78 is 0. The maximum absolute atomic E-state index is 12.0. The third-order valence-corrected chi connectivity index (χ3v) is 3.79. The van der Waals surface area contributed by atoms with Gasteiger partial charge in [-0.2, -0.15) is 0 Å². The van der Waals surface area contributed by atoms with Gasteiger partial charge in [0.15, 0.2) is 5.78 Å². The summed E-state index contributed by atoms with van der Waals surface area (Å²) >= 11 is 5.87. The second kappa shape index (κ2) is 6.34. The van der Waals surface area contributed by atoms with Gasteiger partial charge in [-0.15, -0.1) is 0 Å². The van der Waals surface area contributed by atoms with Gasteiger partial charge in [0.25, 0.3) is 0 Å². The maximum Gasteiger partial charge on any atom is 0.326 e. The number of ketones is 1. The standard InChI is InChI=1S/C16H15ClN4O2/c1-9-5-13-12(14(22)6-9)8-18-15(20-13)21-16(23)19-11-4-2-3-10(17)7-11/h2-4,7-9H,5-6H2,1H3,(H2,18,19,20,21,23). The average molecular weight is 331 g/mol. The second-order valence-corrected chi connectivity index (χ2v) is 6.02. The molecule has 2 aromatic rings. The molecule has 118 valence electrons. The number of carbonyl (C=O) groups is 2. The van der Waals surface area contributed by atoms with Crippen LogP contribution in [0.2, 0.25) is 5.02 Å². The molecule has 23 heavy (non-hydrogen) atoms. The molecule has 1 aromatic heterocycles. The molecular formula is C16H15ClN4O2. The SMILES string of the molecule is CC1CC(=O)c2cnc(NC(=O)Nc3cccc(Cl)c3)nc2C1. The molecule has 2 amide bonds. The van der Waals surface area contributed by atoms with Crippen molar-refractivity contribution >= 4 is 35.1 Å². The molecule has 0 fully saturated rings. The van der Waals surface area contributed by atoms with Crippen LogP contribution in [-0.4, -0.2) is 21.8 Å². The number of carbonyl (C=O) groups excluding carboxylic acids is 2. The van der Waals surface area contributed by atoms with Gasteiger partial charge >= 0.3 is 6.03 Å². The zero-order chi connectivity index (χ0) is 16.4. The molecule has 1 heterocycles. The molecular weight excluding hydrogens is 316 g/mol. The number of anilines is 2. The van der Waals surface area contributed by atoms with E-state index in [9.17, 15) is 9.59 Å². The number of amides is 2. The van der Waals surface area contributed by atoms with Gasteiger partial charge in [-0.3, -0.25) is 10.1 Å². The van der Waals surface area contributed by atoms with E-state index in [1.54, 1.807) is 24.3 Å². The van der Waals surface area contributed by atoms with Crippen molar-refractivity contribution in [1.82, 2.24) is 9.97 Å². The summed E-state index contributed by atoms with van der Waals surface area (Å²) in [5.74, 6) is 0.469. The van der Waals surface area contributed by atoms with Gasteiger partial charge in [-0.25, -0.2) is 14.8 Å². The van der Waals surface area contributed by atoms with Crippen LogP contribution in [0.5, 0.6) is 0 Å². The normalized spacial score (nSPS) is 16.6. The summed E-state index contributed by atoms with van der Waals surface area (Å²) in [6, 6.07) is 6.34. The van der Waals surface area contributed by atoms with Crippen molar-refractivity contribution in [2.75, 3.05) is 10.6 Å². The first kappa shape index (κ1) is 15.4. The minimum Gasteiger partial charge on any atom is -0.308 e. The Kier molecular flexibility index (Phi) is 4.25. The monoisotopic (exact) mass is 330 g/mol. The van der Waals surface area contributed by atoms with Crippen molar-refractivity contribution in [3.8, 4) is 0 Å². The Hall–Kier alpha value is -2.47. The average Bonchev–Trinajstić information content (AvgIpc) is 2.46. The second-order valence-electron chi connectivity index (χ2n) is 5.58. The molecule has 7 heteroatoms. The minimum absolute atomic E-state index is 0.0497. The van der Waals surface area contributed by atoms with Gasteiger partial charge in [-0.1, -0.05) is 24.6 Å². The molecule has 1 aromatic carbocycles. The highest BCUT2D eigenvalue weighted by Crippen LogP contribution is 2.24. The van der Waals surface area contributed by atoms with E-state index in [-0.39, 0.29) is 17.6 Å². The van der Waals surface area contributed by atoms with E-state index in [1.807, 2.05) is 6.92 Å². The number of nitrogens with zero attached hydrogens (tertiary/aromatic N) is 2. The summed E-state index contributed by atoms with van der Waals surface area (Å²) in [7, 11) is 0. The molecule has 6 nitrogen and oxygen atoms in total. The van der Waals surface area contributed by atoms with Crippen LogP contribution in [0.15, 0.2) is 30.5 Å². The fraction of sp³-hybridized carbons (Fsp3) is 0.250. The predicted molar refractivity (Wildman–Crippen MR) is 87.9 cm³/mol. The van der Waals surface area contributed by atoms with Gasteiger partial charge in [0, 0.05) is 23.3 Å². The van der Waals surface area contributed by atoms with Crippen LogP contribution >= 0.6 is 11.6 Å². The topological polar surface area (TPSA) is 84.0 Å². The molecule has 0 bridgehead atoms. The summed E-state index contributed by atoms with van der Waals surface area (Å²) in [6.07, 6.45) is 2.69. The van der Waals surface area contributed by atoms with Crippen molar-refractivity contribution < 1.29 is 9.59 Å². The smallest absolute Gasteiger partial charge is 0.308 e. The van der Waals surface area contributed by atoms with E-state index in [0.29, 0.717) is 34.8 Å². The van der Waals surface area contributed by atoms with E-state index in [0.717, 1.165) is 0 Å². The third-order valence-electron chi connectivity index (χ3n) is 3.55. The lowest BCUT2D eigenvalue weighted by atomic mass is 9.88. The number of benzene rings is 1. The van der Waals surface area contributed by atoms with E-state index < -0.39 is 6.03 Å². The molecule has 1 unspecified atom stereocenters. The van der Waals surface area contributed by atoms with Crippen LogP contribution < -0.4 is 10.6 Å². The minimum atomic E-state index is -0.470. The van der Waals surface area contributed by atoms with Crippen LogP contribution in [0.4, 0.5) is 16.4 Å². The van der Waals surface area contributed by atoms with Gasteiger partial charge in [0.2, 0.25) is 5.95 Å². The summed E-state index contributed by atoms with van der Waals surface area (Å²) in [6.45, 7) is 2.00. The number of hydrogen-bond acceptors (Lipinski definition) is 4. The van der Waals surface area contributed by atoms with Crippen LogP contribution in [0.25, 0.3) is 0 Å². The number of Topliss-reactive ketones (excluding diaryl/α,β-unsaturated/α-hetero) is 1. The lowest BCUT2D eigenvalue weighted by Gasteiger charge is -2.19. The number of fused-ring (bicyclic) bond motifs is 1. The van der Waals surface area contributed by atoms with E-state index >= 15 is 0 Å². The molecule has 0 spiro atoms. The Morgan fingerprint density at radius 3 is 2.91 bits per heavy atom. The Bertz CT molecular complexity index is 778. The first-order valence-electron chi connectivity index (χ1n) is 7.24. The van der Waals surface area contributed by atoms with Gasteiger partial charge in [0.05, 0.1) is 11.3 Å². The van der Waals surface area contributed by atoms with Crippen molar-refractivity contribution in [3.05, 3.63) is 46.7 Å². The molecule has 1 aliphatic carbocycles. The van der Waals surface area contributed by atoms with Gasteiger partial charge in [-0.05, 0) is 30.5 Å². The number of aromatic nitrogens is 2. The summed E-state index contributed by atoms with van der Waals surface area (Å²) in [5, 5.41) is 5.74. The fourth-order valence-electron chi connectivity index (χ4n) is 2.52. The van der Waals surface area contributed by atoms with E-state index in [4.69, 9.17) is 11.6 Å². The van der Waals surface area contributed by atoms with Crippen molar-refractivity contribution in [2.45, 2.75) is 19.8 Å². The largest absolute Gasteiger partial charge is 0.326 e. The number of nitrogens with one attached hydrogen (secondary N) is 2. The van der Waals surface area contributed by atoms with Crippen LogP contribution in [0.3, 0.4) is 0 Å². The third kappa shape index (κ3) is 3.65. The Labute approximate surface area is 138 Å². The molecule has 0 saturated carbocycles.